The number of hydrogen-bond donors (Lipinski definition) is 2. The molecular formula is C19H21F4NO3S. The van der Waals surface area contributed by atoms with Crippen LogP contribution in [0.1, 0.15) is 31.7 Å². The molecule has 0 aliphatic rings. The first kappa shape index (κ1) is 22.3. The van der Waals surface area contributed by atoms with Crippen molar-refractivity contribution in [2.24, 2.45) is 0 Å². The molecular weight excluding hydrogens is 398 g/mol. The summed E-state index contributed by atoms with van der Waals surface area (Å²) < 4.78 is 80.3. The van der Waals surface area contributed by atoms with E-state index in [2.05, 4.69) is 4.72 Å². The van der Waals surface area contributed by atoms with E-state index in [9.17, 15) is 26.0 Å². The third kappa shape index (κ3) is 5.52. The fourth-order valence-corrected chi connectivity index (χ4v) is 4.18. The van der Waals surface area contributed by atoms with Crippen LogP contribution >= 0.6 is 0 Å². The van der Waals surface area contributed by atoms with Gasteiger partial charge in [-0.15, -0.1) is 0 Å². The molecule has 0 heterocycles. The molecule has 28 heavy (non-hydrogen) atoms. The van der Waals surface area contributed by atoms with Crippen LogP contribution in [-0.4, -0.2) is 26.2 Å². The molecule has 2 rings (SSSR count). The van der Waals surface area contributed by atoms with Crippen LogP contribution in [0.4, 0.5) is 17.6 Å². The van der Waals surface area contributed by atoms with Gasteiger partial charge in [0.25, 0.3) is 0 Å². The number of hydrogen-bond acceptors (Lipinski definition) is 3. The molecule has 0 fully saturated rings. The Morgan fingerprint density at radius 2 is 1.71 bits per heavy atom. The van der Waals surface area contributed by atoms with Crippen molar-refractivity contribution in [3.63, 3.8) is 0 Å². The Morgan fingerprint density at radius 3 is 2.25 bits per heavy atom. The largest absolute Gasteiger partial charge is 0.417 e. The van der Waals surface area contributed by atoms with Crippen LogP contribution in [-0.2, 0) is 16.2 Å². The molecule has 0 unspecified atom stereocenters. The van der Waals surface area contributed by atoms with Crippen molar-refractivity contribution in [2.45, 2.75) is 43.3 Å². The fourth-order valence-electron chi connectivity index (χ4n) is 2.87. The quantitative estimate of drug-likeness (QED) is 0.626. The van der Waals surface area contributed by atoms with Crippen molar-refractivity contribution in [2.75, 3.05) is 6.61 Å². The van der Waals surface area contributed by atoms with Gasteiger partial charge in [0.1, 0.15) is 5.82 Å². The zero-order valence-corrected chi connectivity index (χ0v) is 15.9. The molecule has 0 aliphatic carbocycles. The number of aliphatic hydroxyl groups is 1. The van der Waals surface area contributed by atoms with E-state index < -0.39 is 33.6 Å². The van der Waals surface area contributed by atoms with Crippen LogP contribution in [0.15, 0.2) is 47.4 Å². The number of halogens is 4. The second-order valence-electron chi connectivity index (χ2n) is 6.33. The zero-order chi connectivity index (χ0) is 20.9. The minimum Gasteiger partial charge on any atom is -0.396 e. The maximum absolute atomic E-state index is 13.3. The summed E-state index contributed by atoms with van der Waals surface area (Å²) in [7, 11) is -3.89. The van der Waals surface area contributed by atoms with E-state index in [4.69, 9.17) is 5.11 Å². The van der Waals surface area contributed by atoms with E-state index in [-0.39, 0.29) is 29.1 Å². The van der Waals surface area contributed by atoms with E-state index in [1.807, 2.05) is 6.92 Å². The van der Waals surface area contributed by atoms with Gasteiger partial charge in [0.2, 0.25) is 10.0 Å². The number of sulfonamides is 1. The van der Waals surface area contributed by atoms with Crippen LogP contribution in [0.5, 0.6) is 0 Å². The molecule has 0 radical (unpaired) electrons. The number of rotatable bonds is 8. The number of benzene rings is 2. The van der Waals surface area contributed by atoms with Crippen LogP contribution in [0, 0.1) is 5.82 Å². The Bertz CT molecular complexity index is 890. The smallest absolute Gasteiger partial charge is 0.396 e. The second-order valence-corrected chi connectivity index (χ2v) is 8.05. The molecule has 2 aromatic rings. The summed E-state index contributed by atoms with van der Waals surface area (Å²) in [6.07, 6.45) is -3.23. The van der Waals surface area contributed by atoms with Gasteiger partial charge in [0.05, 0.1) is 10.5 Å². The van der Waals surface area contributed by atoms with Gasteiger partial charge in [-0.2, -0.15) is 13.2 Å². The molecule has 0 spiro atoms. The number of aliphatic hydroxyl groups excluding tert-OH is 1. The summed E-state index contributed by atoms with van der Waals surface area (Å²) in [5.74, 6) is -1.01. The average molecular weight is 419 g/mol. The van der Waals surface area contributed by atoms with Crippen molar-refractivity contribution < 1.29 is 31.1 Å². The second kappa shape index (κ2) is 9.02. The summed E-state index contributed by atoms with van der Waals surface area (Å²) >= 11 is 0. The Balaban J connectivity index is 2.34. The summed E-state index contributed by atoms with van der Waals surface area (Å²) in [5.41, 5.74) is -1.26. The fraction of sp³-hybridized carbons (Fsp3) is 0.368. The number of nitrogens with one attached hydrogen (secondary N) is 1. The molecule has 154 valence electrons. The summed E-state index contributed by atoms with van der Waals surface area (Å²) in [5, 5.41) is 9.05. The predicted molar refractivity (Wildman–Crippen MR) is 97.6 cm³/mol. The van der Waals surface area contributed by atoms with E-state index in [1.165, 1.54) is 24.3 Å². The van der Waals surface area contributed by atoms with Crippen molar-refractivity contribution in [1.82, 2.24) is 4.72 Å². The lowest BCUT2D eigenvalue weighted by Crippen LogP contribution is -2.35. The molecule has 0 aromatic heterocycles. The highest BCUT2D eigenvalue weighted by molar-refractivity contribution is 7.89. The van der Waals surface area contributed by atoms with Gasteiger partial charge in [0.15, 0.2) is 0 Å². The van der Waals surface area contributed by atoms with Gasteiger partial charge < -0.3 is 5.11 Å². The molecule has 1 atom stereocenters. The van der Waals surface area contributed by atoms with Crippen LogP contribution in [0.3, 0.4) is 0 Å². The minimum absolute atomic E-state index is 0.106. The molecule has 2 aromatic carbocycles. The molecule has 0 bridgehead atoms. The van der Waals surface area contributed by atoms with Crippen LogP contribution < -0.4 is 4.72 Å². The Labute approximate surface area is 161 Å². The first-order chi connectivity index (χ1) is 13.1. The molecule has 0 aliphatic heterocycles. The number of alkyl halides is 3. The third-order valence-corrected chi connectivity index (χ3v) is 5.74. The lowest BCUT2D eigenvalue weighted by atomic mass is 9.99. The standard InChI is InChI=1S/C19H21F4NO3S/c1-2-3-15(10-11-25)24-28(26,27)16-7-4-13(5-8-16)17-9-6-14(20)12-18(17)19(21,22)23/h4-9,12,15,24-25H,2-3,10-11H2,1H3/t15-/m1/s1. The van der Waals surface area contributed by atoms with Crippen molar-refractivity contribution >= 4 is 10.0 Å². The first-order valence-electron chi connectivity index (χ1n) is 8.69. The summed E-state index contributed by atoms with van der Waals surface area (Å²) in [6, 6.07) is 6.79. The van der Waals surface area contributed by atoms with Crippen molar-refractivity contribution in [1.29, 1.82) is 0 Å². The van der Waals surface area contributed by atoms with E-state index in [1.54, 1.807) is 0 Å². The molecule has 4 nitrogen and oxygen atoms in total. The molecule has 0 saturated heterocycles. The van der Waals surface area contributed by atoms with Crippen LogP contribution in [0.25, 0.3) is 11.1 Å². The molecule has 9 heteroatoms. The highest BCUT2D eigenvalue weighted by atomic mass is 32.2. The zero-order valence-electron chi connectivity index (χ0n) is 15.1. The lowest BCUT2D eigenvalue weighted by molar-refractivity contribution is -0.137. The third-order valence-electron chi connectivity index (χ3n) is 4.20. The summed E-state index contributed by atoms with van der Waals surface area (Å²) in [4.78, 5) is -0.106. The van der Waals surface area contributed by atoms with E-state index in [0.717, 1.165) is 18.6 Å². The lowest BCUT2D eigenvalue weighted by Gasteiger charge is -2.17. The van der Waals surface area contributed by atoms with Gasteiger partial charge in [-0.25, -0.2) is 17.5 Å². The van der Waals surface area contributed by atoms with E-state index in [0.29, 0.717) is 12.5 Å². The first-order valence-corrected chi connectivity index (χ1v) is 10.2. The normalized spacial score (nSPS) is 13.5. The van der Waals surface area contributed by atoms with Crippen LogP contribution in [0.2, 0.25) is 0 Å². The topological polar surface area (TPSA) is 66.4 Å². The highest BCUT2D eigenvalue weighted by Crippen LogP contribution is 2.37. The van der Waals surface area contributed by atoms with Gasteiger partial charge in [-0.1, -0.05) is 31.5 Å². The Morgan fingerprint density at radius 1 is 1.07 bits per heavy atom. The average Bonchev–Trinajstić information content (AvgIpc) is 2.61. The van der Waals surface area contributed by atoms with Gasteiger partial charge >= 0.3 is 6.18 Å². The van der Waals surface area contributed by atoms with Gasteiger partial charge in [-0.05, 0) is 48.2 Å². The molecule has 0 amide bonds. The monoisotopic (exact) mass is 419 g/mol. The Hall–Kier alpha value is -1.97. The highest BCUT2D eigenvalue weighted by Gasteiger charge is 2.34. The van der Waals surface area contributed by atoms with Gasteiger partial charge in [-0.3, -0.25) is 0 Å². The van der Waals surface area contributed by atoms with Gasteiger partial charge in [0, 0.05) is 12.6 Å². The SMILES string of the molecule is CCC[C@H](CCO)NS(=O)(=O)c1ccc(-c2ccc(F)cc2C(F)(F)F)cc1. The maximum Gasteiger partial charge on any atom is 0.417 e. The minimum atomic E-state index is -4.75. The Kier molecular flexibility index (Phi) is 7.19. The molecule has 0 saturated carbocycles. The van der Waals surface area contributed by atoms with Crippen molar-refractivity contribution in [3.05, 3.63) is 53.8 Å². The predicted octanol–water partition coefficient (Wildman–Crippen LogP) is 4.34. The van der Waals surface area contributed by atoms with Crippen molar-refractivity contribution in [3.8, 4) is 11.1 Å². The molecule has 2 N–H and O–H groups in total. The van der Waals surface area contributed by atoms with E-state index >= 15 is 0 Å². The summed E-state index contributed by atoms with van der Waals surface area (Å²) in [6.45, 7) is 1.71. The maximum atomic E-state index is 13.3.